The van der Waals surface area contributed by atoms with Crippen LogP contribution in [-0.2, 0) is 5.60 Å². The monoisotopic (exact) mass is 434 g/mol. The summed E-state index contributed by atoms with van der Waals surface area (Å²) in [6.45, 7) is 3.94. The molecule has 0 heterocycles. The first-order valence-electron chi connectivity index (χ1n) is 7.84. The highest BCUT2D eigenvalue weighted by Gasteiger charge is 2.36. The lowest BCUT2D eigenvalue weighted by Gasteiger charge is -2.33. The molecule has 0 saturated carbocycles. The fourth-order valence-corrected chi connectivity index (χ4v) is 3.72. The van der Waals surface area contributed by atoms with Crippen LogP contribution in [0.25, 0.3) is 0 Å². The van der Waals surface area contributed by atoms with Crippen molar-refractivity contribution in [2.75, 3.05) is 0 Å². The zero-order chi connectivity index (χ0) is 18.2. The van der Waals surface area contributed by atoms with Crippen LogP contribution in [0.2, 0.25) is 10.0 Å². The third kappa shape index (κ3) is 3.50. The second kappa shape index (κ2) is 7.13. The van der Waals surface area contributed by atoms with Crippen LogP contribution in [-0.4, -0.2) is 5.11 Å². The van der Waals surface area contributed by atoms with E-state index < -0.39 is 5.60 Å². The zero-order valence-electron chi connectivity index (χ0n) is 13.9. The Hall–Kier alpha value is -1.32. The second-order valence-electron chi connectivity index (χ2n) is 6.14. The lowest BCUT2D eigenvalue weighted by Crippen LogP contribution is -2.30. The summed E-state index contributed by atoms with van der Waals surface area (Å²) >= 11 is 16.0. The molecule has 0 aromatic heterocycles. The van der Waals surface area contributed by atoms with Crippen molar-refractivity contribution in [1.29, 1.82) is 0 Å². The summed E-state index contributed by atoms with van der Waals surface area (Å²) in [5, 5.41) is 13.2. The van der Waals surface area contributed by atoms with Crippen molar-refractivity contribution in [3.63, 3.8) is 0 Å². The third-order valence-corrected chi connectivity index (χ3v) is 5.44. The molecule has 0 aliphatic rings. The molecule has 4 heteroatoms. The summed E-state index contributed by atoms with van der Waals surface area (Å²) in [5.41, 5.74) is 2.79. The van der Waals surface area contributed by atoms with Crippen LogP contribution < -0.4 is 0 Å². The van der Waals surface area contributed by atoms with Gasteiger partial charge in [0.05, 0.1) is 0 Å². The van der Waals surface area contributed by atoms with Gasteiger partial charge in [0.1, 0.15) is 5.60 Å². The highest BCUT2D eigenvalue weighted by molar-refractivity contribution is 9.10. The Kier molecular flexibility index (Phi) is 5.26. The first kappa shape index (κ1) is 18.5. The molecule has 0 spiro atoms. The normalized spacial score (nSPS) is 11.6. The van der Waals surface area contributed by atoms with E-state index in [0.717, 1.165) is 32.3 Å². The molecule has 0 amide bonds. The van der Waals surface area contributed by atoms with Gasteiger partial charge in [-0.15, -0.1) is 0 Å². The minimum Gasteiger partial charge on any atom is -0.376 e. The van der Waals surface area contributed by atoms with Crippen molar-refractivity contribution in [2.45, 2.75) is 19.4 Å². The standard InChI is InChI=1S/C21H17BrCl2O/c1-13-3-9-17(23)11-19(13)21(25,15-5-7-16(22)8-6-15)20-12-18(24)10-4-14(20)2/h3-12,25H,1-2H3. The van der Waals surface area contributed by atoms with Gasteiger partial charge in [-0.2, -0.15) is 0 Å². The SMILES string of the molecule is Cc1ccc(Cl)cc1C(O)(c1ccc(Br)cc1)c1cc(Cl)ccc1C. The quantitative estimate of drug-likeness (QED) is 0.456. The van der Waals surface area contributed by atoms with Crippen LogP contribution in [0.3, 0.4) is 0 Å². The second-order valence-corrected chi connectivity index (χ2v) is 7.92. The molecule has 0 atom stereocenters. The fraction of sp³-hybridized carbons (Fsp3) is 0.143. The van der Waals surface area contributed by atoms with Crippen LogP contribution in [0, 0.1) is 13.8 Å². The Morgan fingerprint density at radius 2 is 1.20 bits per heavy atom. The van der Waals surface area contributed by atoms with E-state index in [9.17, 15) is 5.11 Å². The molecule has 3 rings (SSSR count). The number of rotatable bonds is 3. The Bertz CT molecular complexity index is 868. The average Bonchev–Trinajstić information content (AvgIpc) is 2.59. The lowest BCUT2D eigenvalue weighted by atomic mass is 9.77. The van der Waals surface area contributed by atoms with Crippen LogP contribution in [0.1, 0.15) is 27.8 Å². The predicted octanol–water partition coefficient (Wildman–Crippen LogP) is 6.66. The molecule has 1 nitrogen and oxygen atoms in total. The van der Waals surface area contributed by atoms with Gasteiger partial charge in [-0.25, -0.2) is 0 Å². The summed E-state index contributed by atoms with van der Waals surface area (Å²) in [6, 6.07) is 18.8. The van der Waals surface area contributed by atoms with Crippen molar-refractivity contribution in [2.24, 2.45) is 0 Å². The molecule has 3 aromatic rings. The van der Waals surface area contributed by atoms with Crippen LogP contribution in [0.4, 0.5) is 0 Å². The van der Waals surface area contributed by atoms with E-state index in [0.29, 0.717) is 10.0 Å². The van der Waals surface area contributed by atoms with Crippen molar-refractivity contribution in [3.05, 3.63) is 103 Å². The van der Waals surface area contributed by atoms with Crippen LogP contribution >= 0.6 is 39.1 Å². The van der Waals surface area contributed by atoms with Crippen molar-refractivity contribution in [1.82, 2.24) is 0 Å². The summed E-state index contributed by atoms with van der Waals surface area (Å²) in [6.07, 6.45) is 0. The summed E-state index contributed by atoms with van der Waals surface area (Å²) in [4.78, 5) is 0. The molecule has 0 bridgehead atoms. The van der Waals surface area contributed by atoms with Gasteiger partial charge in [0, 0.05) is 14.5 Å². The Morgan fingerprint density at radius 1 is 0.760 bits per heavy atom. The number of hydrogen-bond acceptors (Lipinski definition) is 1. The maximum atomic E-state index is 12.0. The first-order chi connectivity index (χ1) is 11.8. The van der Waals surface area contributed by atoms with Gasteiger partial charge < -0.3 is 5.11 Å². The van der Waals surface area contributed by atoms with Gasteiger partial charge in [0.15, 0.2) is 0 Å². The highest BCUT2D eigenvalue weighted by atomic mass is 79.9. The number of hydrogen-bond donors (Lipinski definition) is 1. The number of benzene rings is 3. The number of halogens is 3. The van der Waals surface area contributed by atoms with Gasteiger partial charge in [-0.1, -0.05) is 63.4 Å². The zero-order valence-corrected chi connectivity index (χ0v) is 17.0. The fourth-order valence-electron chi connectivity index (χ4n) is 3.12. The van der Waals surface area contributed by atoms with E-state index >= 15 is 0 Å². The van der Waals surface area contributed by atoms with Gasteiger partial charge in [0.25, 0.3) is 0 Å². The smallest absolute Gasteiger partial charge is 0.141 e. The van der Waals surface area contributed by atoms with Gasteiger partial charge in [-0.3, -0.25) is 0 Å². The van der Waals surface area contributed by atoms with E-state index in [1.54, 1.807) is 0 Å². The molecule has 0 radical (unpaired) electrons. The topological polar surface area (TPSA) is 20.2 Å². The molecule has 128 valence electrons. The molecule has 0 fully saturated rings. The predicted molar refractivity (Wildman–Crippen MR) is 109 cm³/mol. The molecular formula is C21H17BrCl2O. The van der Waals surface area contributed by atoms with Crippen molar-refractivity contribution < 1.29 is 5.11 Å². The molecule has 3 aromatic carbocycles. The van der Waals surface area contributed by atoms with E-state index in [1.165, 1.54) is 0 Å². The molecule has 0 aliphatic carbocycles. The van der Waals surface area contributed by atoms with Crippen molar-refractivity contribution >= 4 is 39.1 Å². The maximum absolute atomic E-state index is 12.0. The average molecular weight is 436 g/mol. The lowest BCUT2D eigenvalue weighted by molar-refractivity contribution is 0.124. The van der Waals surface area contributed by atoms with Gasteiger partial charge in [0.2, 0.25) is 0 Å². The van der Waals surface area contributed by atoms with E-state index in [2.05, 4.69) is 15.9 Å². The Morgan fingerprint density at radius 3 is 1.64 bits per heavy atom. The minimum atomic E-state index is -1.36. The molecule has 1 N–H and O–H groups in total. The molecule has 0 aliphatic heterocycles. The maximum Gasteiger partial charge on any atom is 0.141 e. The highest BCUT2D eigenvalue weighted by Crippen LogP contribution is 2.41. The minimum absolute atomic E-state index is 0.579. The summed E-state index contributed by atoms with van der Waals surface area (Å²) < 4.78 is 0.948. The van der Waals surface area contributed by atoms with Crippen molar-refractivity contribution in [3.8, 4) is 0 Å². The number of aliphatic hydroxyl groups is 1. The Labute approximate surface area is 166 Å². The van der Waals surface area contributed by atoms with E-state index in [1.807, 2.05) is 74.5 Å². The summed E-state index contributed by atoms with van der Waals surface area (Å²) in [5.74, 6) is 0. The van der Waals surface area contributed by atoms with Gasteiger partial charge in [-0.05, 0) is 78.1 Å². The largest absolute Gasteiger partial charge is 0.376 e. The van der Waals surface area contributed by atoms with Crippen LogP contribution in [0.15, 0.2) is 65.1 Å². The van der Waals surface area contributed by atoms with Crippen LogP contribution in [0.5, 0.6) is 0 Å². The van der Waals surface area contributed by atoms with Gasteiger partial charge >= 0.3 is 0 Å². The molecule has 0 saturated heterocycles. The van der Waals surface area contributed by atoms with E-state index in [4.69, 9.17) is 23.2 Å². The molecular weight excluding hydrogens is 419 g/mol. The summed E-state index contributed by atoms with van der Waals surface area (Å²) in [7, 11) is 0. The first-order valence-corrected chi connectivity index (χ1v) is 9.39. The third-order valence-electron chi connectivity index (χ3n) is 4.44. The van der Waals surface area contributed by atoms with E-state index in [-0.39, 0.29) is 0 Å². The number of aryl methyl sites for hydroxylation is 2. The Balaban J connectivity index is 2.37. The molecule has 25 heavy (non-hydrogen) atoms. The molecule has 0 unspecified atom stereocenters.